The van der Waals surface area contributed by atoms with Gasteiger partial charge in [-0.05, 0) is 63.1 Å². The van der Waals surface area contributed by atoms with Gasteiger partial charge in [0, 0.05) is 29.0 Å². The van der Waals surface area contributed by atoms with Gasteiger partial charge in [-0.1, -0.05) is 41.7 Å². The molecule has 0 aliphatic rings. The summed E-state index contributed by atoms with van der Waals surface area (Å²) < 4.78 is 18.3. The van der Waals surface area contributed by atoms with Crippen molar-refractivity contribution in [1.82, 2.24) is 9.55 Å². The minimum atomic E-state index is -0.723. The molecule has 43 heavy (non-hydrogen) atoms. The molecule has 2 heterocycles. The predicted molar refractivity (Wildman–Crippen MR) is 167 cm³/mol. The maximum atomic E-state index is 13.6. The summed E-state index contributed by atoms with van der Waals surface area (Å²) in [5, 5.41) is 12.8. The number of hydrogen-bond donors (Lipinski definition) is 1. The fourth-order valence-electron chi connectivity index (χ4n) is 5.06. The number of carbonyl (C=O) groups excluding carboxylic acids is 1. The van der Waals surface area contributed by atoms with Gasteiger partial charge < -0.3 is 19.9 Å². The summed E-state index contributed by atoms with van der Waals surface area (Å²) in [5.41, 5.74) is 8.99. The lowest BCUT2D eigenvalue weighted by atomic mass is 9.87. The number of benzene rings is 3. The van der Waals surface area contributed by atoms with E-state index in [1.165, 1.54) is 30.6 Å². The minimum Gasteiger partial charge on any atom is -0.497 e. The van der Waals surface area contributed by atoms with Crippen molar-refractivity contribution < 1.29 is 23.9 Å². The first-order chi connectivity index (χ1) is 20.5. The highest BCUT2D eigenvalue weighted by molar-refractivity contribution is 7.18. The SMILES string of the molecule is COc1ccc(C(Cc2cc([N+](=O)[O-])ccc2OC)c2nc(N)sc2-c2cc3ccccc3n2C(=O)OC(C)(C)C)cc1. The first kappa shape index (κ1) is 29.6. The van der Waals surface area contributed by atoms with Crippen molar-refractivity contribution in [3.63, 3.8) is 0 Å². The van der Waals surface area contributed by atoms with Crippen molar-refractivity contribution in [3.8, 4) is 22.1 Å². The van der Waals surface area contributed by atoms with Gasteiger partial charge >= 0.3 is 6.09 Å². The number of carbonyl (C=O) groups is 1. The van der Waals surface area contributed by atoms with Crippen molar-refractivity contribution in [2.75, 3.05) is 20.0 Å². The summed E-state index contributed by atoms with van der Waals surface area (Å²) in [6.45, 7) is 5.45. The lowest BCUT2D eigenvalue weighted by molar-refractivity contribution is -0.384. The summed E-state index contributed by atoms with van der Waals surface area (Å²) in [6, 6.07) is 21.6. The van der Waals surface area contributed by atoms with E-state index in [2.05, 4.69) is 0 Å². The van der Waals surface area contributed by atoms with Crippen LogP contribution >= 0.6 is 11.3 Å². The largest absolute Gasteiger partial charge is 0.497 e. The van der Waals surface area contributed by atoms with Crippen molar-refractivity contribution in [2.24, 2.45) is 0 Å². The third-order valence-electron chi connectivity index (χ3n) is 6.94. The number of ether oxygens (including phenoxy) is 3. The third kappa shape index (κ3) is 6.17. The van der Waals surface area contributed by atoms with Crippen LogP contribution < -0.4 is 15.2 Å². The van der Waals surface area contributed by atoms with Crippen LogP contribution in [0.15, 0.2) is 72.8 Å². The van der Waals surface area contributed by atoms with Gasteiger partial charge in [0.05, 0.1) is 40.9 Å². The molecular formula is C32H32N4O6S. The van der Waals surface area contributed by atoms with Crippen molar-refractivity contribution in [1.29, 1.82) is 0 Å². The Kier molecular flexibility index (Phi) is 8.10. The van der Waals surface area contributed by atoms with E-state index in [9.17, 15) is 14.9 Å². The monoisotopic (exact) mass is 600 g/mol. The Hall–Kier alpha value is -4.90. The first-order valence-corrected chi connectivity index (χ1v) is 14.4. The highest BCUT2D eigenvalue weighted by Gasteiger charge is 2.30. The molecule has 5 rings (SSSR count). The molecule has 0 amide bonds. The fourth-order valence-corrected chi connectivity index (χ4v) is 5.96. The number of nitrogen functional groups attached to an aromatic ring is 1. The number of thiazole rings is 1. The first-order valence-electron chi connectivity index (χ1n) is 13.5. The molecule has 5 aromatic rings. The molecule has 0 saturated heterocycles. The molecule has 222 valence electrons. The summed E-state index contributed by atoms with van der Waals surface area (Å²) >= 11 is 1.27. The number of para-hydroxylation sites is 1. The Morgan fingerprint density at radius 3 is 2.42 bits per heavy atom. The third-order valence-corrected chi connectivity index (χ3v) is 7.86. The molecule has 0 aliphatic heterocycles. The van der Waals surface area contributed by atoms with Crippen LogP contribution in [0.5, 0.6) is 11.5 Å². The van der Waals surface area contributed by atoms with Gasteiger partial charge in [-0.2, -0.15) is 0 Å². The lowest BCUT2D eigenvalue weighted by Crippen LogP contribution is -2.27. The molecule has 0 radical (unpaired) electrons. The Morgan fingerprint density at radius 1 is 1.05 bits per heavy atom. The average Bonchev–Trinajstić information content (AvgIpc) is 3.55. The Morgan fingerprint density at radius 2 is 1.77 bits per heavy atom. The smallest absolute Gasteiger partial charge is 0.419 e. The maximum absolute atomic E-state index is 13.6. The highest BCUT2D eigenvalue weighted by Crippen LogP contribution is 2.43. The number of nitrogens with two attached hydrogens (primary N) is 1. The number of nitro groups is 1. The summed E-state index contributed by atoms with van der Waals surface area (Å²) in [5.74, 6) is 0.769. The van der Waals surface area contributed by atoms with Crippen LogP contribution in [0.25, 0.3) is 21.5 Å². The van der Waals surface area contributed by atoms with Gasteiger partial charge in [0.2, 0.25) is 0 Å². The standard InChI is InChI=1S/C32H32N4O6S/c1-32(2,3)42-31(37)35-25-9-7-6-8-20(25)18-26(35)29-28(34-30(33)43-29)24(19-10-13-23(40-4)14-11-19)17-21-16-22(36(38)39)12-15-27(21)41-5/h6-16,18,24H,17H2,1-5H3,(H2,33,34). The number of non-ortho nitro benzene ring substituents is 1. The zero-order chi connectivity index (χ0) is 30.9. The second-order valence-corrected chi connectivity index (χ2v) is 12.0. The van der Waals surface area contributed by atoms with E-state index in [0.717, 1.165) is 10.9 Å². The van der Waals surface area contributed by atoms with Gasteiger partial charge in [0.1, 0.15) is 17.1 Å². The van der Waals surface area contributed by atoms with Gasteiger partial charge in [-0.25, -0.2) is 14.3 Å². The Balaban J connectivity index is 1.73. The highest BCUT2D eigenvalue weighted by atomic mass is 32.1. The minimum absolute atomic E-state index is 0.0488. The normalized spacial score (nSPS) is 12.2. The molecular weight excluding hydrogens is 568 g/mol. The molecule has 0 aliphatic carbocycles. The number of fused-ring (bicyclic) bond motifs is 1. The molecule has 0 saturated carbocycles. The van der Waals surface area contributed by atoms with Crippen molar-refractivity contribution in [3.05, 3.63) is 99.7 Å². The second kappa shape index (κ2) is 11.8. The van der Waals surface area contributed by atoms with E-state index >= 15 is 0 Å². The zero-order valence-electron chi connectivity index (χ0n) is 24.5. The number of hydrogen-bond acceptors (Lipinski definition) is 9. The van der Waals surface area contributed by atoms with E-state index < -0.39 is 22.5 Å². The molecule has 2 aromatic heterocycles. The summed E-state index contributed by atoms with van der Waals surface area (Å²) in [4.78, 5) is 30.3. The Bertz CT molecular complexity index is 1800. The molecule has 2 N–H and O–H groups in total. The second-order valence-electron chi connectivity index (χ2n) is 11.0. The molecule has 1 unspecified atom stereocenters. The van der Waals surface area contributed by atoms with E-state index in [1.54, 1.807) is 17.7 Å². The number of rotatable bonds is 8. The van der Waals surface area contributed by atoms with Crippen molar-refractivity contribution in [2.45, 2.75) is 38.7 Å². The van der Waals surface area contributed by atoms with Crippen LogP contribution in [-0.2, 0) is 11.2 Å². The molecule has 10 nitrogen and oxygen atoms in total. The van der Waals surface area contributed by atoms with E-state index in [1.807, 2.05) is 75.4 Å². The van der Waals surface area contributed by atoms with Crippen molar-refractivity contribution >= 4 is 39.2 Å². The number of aromatic nitrogens is 2. The van der Waals surface area contributed by atoms with Gasteiger partial charge in [-0.3, -0.25) is 10.1 Å². The van der Waals surface area contributed by atoms with E-state index in [4.69, 9.17) is 24.9 Å². The van der Waals surface area contributed by atoms with Gasteiger partial charge in [0.25, 0.3) is 5.69 Å². The molecule has 3 aromatic carbocycles. The van der Waals surface area contributed by atoms with Gasteiger partial charge in [-0.15, -0.1) is 0 Å². The van der Waals surface area contributed by atoms with Crippen LogP contribution in [0.3, 0.4) is 0 Å². The number of nitro benzene ring substituents is 1. The van der Waals surface area contributed by atoms with Gasteiger partial charge in [0.15, 0.2) is 5.13 Å². The molecule has 0 spiro atoms. The number of anilines is 1. The lowest BCUT2D eigenvalue weighted by Gasteiger charge is -2.22. The number of methoxy groups -OCH3 is 2. The molecule has 0 bridgehead atoms. The molecule has 1 atom stereocenters. The molecule has 11 heteroatoms. The van der Waals surface area contributed by atoms with Crippen LogP contribution in [0, 0.1) is 10.1 Å². The summed E-state index contributed by atoms with van der Waals surface area (Å²) in [7, 11) is 3.12. The Labute approximate surface area is 252 Å². The quantitative estimate of drug-likeness (QED) is 0.144. The molecule has 0 fully saturated rings. The van der Waals surface area contributed by atoms with Crippen LogP contribution in [-0.4, -0.2) is 40.4 Å². The maximum Gasteiger partial charge on any atom is 0.419 e. The van der Waals surface area contributed by atoms with E-state index in [0.29, 0.717) is 50.4 Å². The van der Waals surface area contributed by atoms with Crippen LogP contribution in [0.4, 0.5) is 15.6 Å². The topological polar surface area (TPSA) is 132 Å². The zero-order valence-corrected chi connectivity index (χ0v) is 25.3. The number of nitrogens with zero attached hydrogens (tertiary/aromatic N) is 3. The summed E-state index contributed by atoms with van der Waals surface area (Å²) in [6.07, 6.45) is -0.219. The van der Waals surface area contributed by atoms with E-state index in [-0.39, 0.29) is 5.69 Å². The average molecular weight is 601 g/mol. The predicted octanol–water partition coefficient (Wildman–Crippen LogP) is 7.43. The fraction of sp³-hybridized carbons (Fsp3) is 0.250. The van der Waals surface area contributed by atoms with Crippen LogP contribution in [0.2, 0.25) is 0 Å². The van der Waals surface area contributed by atoms with Crippen LogP contribution in [0.1, 0.15) is 43.5 Å².